The first kappa shape index (κ1) is 19.5. The Morgan fingerprint density at radius 1 is 0.844 bits per heavy atom. The van der Waals surface area contributed by atoms with Crippen LogP contribution in [0, 0.1) is 13.8 Å². The summed E-state index contributed by atoms with van der Waals surface area (Å²) >= 11 is 1.83. The van der Waals surface area contributed by atoms with Gasteiger partial charge in [-0.3, -0.25) is 4.98 Å². The summed E-state index contributed by atoms with van der Waals surface area (Å²) in [4.78, 5) is 4.88. The molecule has 158 valence electrons. The zero-order valence-electron chi connectivity index (χ0n) is 19.0. The largest absolute Gasteiger partial charge is 0.461 e. The molecule has 0 aliphatic carbocycles. The average Bonchev–Trinajstić information content (AvgIpc) is 3.27. The Balaban J connectivity index is 1.67. The van der Waals surface area contributed by atoms with Gasteiger partial charge in [-0.25, -0.2) is 0 Å². The van der Waals surface area contributed by atoms with Crippen LogP contribution in [0.25, 0.3) is 53.2 Å². The maximum absolute atomic E-state index is 6.03. The maximum atomic E-state index is 6.03. The van der Waals surface area contributed by atoms with Crippen molar-refractivity contribution in [2.75, 3.05) is 0 Å². The molecule has 0 aliphatic heterocycles. The summed E-state index contributed by atoms with van der Waals surface area (Å²) in [5.41, 5.74) is 5.83. The summed E-state index contributed by atoms with van der Waals surface area (Å²) in [5.74, 6) is 0.996. The molecule has 2 nitrogen and oxygen atoms in total. The van der Waals surface area contributed by atoms with Crippen molar-refractivity contribution in [1.29, 1.82) is 0 Å². The number of aryl methyl sites for hydroxylation is 2. The molecule has 0 bridgehead atoms. The number of thiophene rings is 1. The summed E-state index contributed by atoms with van der Waals surface area (Å²) in [6.07, 6.45) is 1.94. The second-order valence-corrected chi connectivity index (χ2v) is 10.8. The lowest BCUT2D eigenvalue weighted by Gasteiger charge is -2.22. The first-order valence-corrected chi connectivity index (χ1v) is 11.9. The molecule has 3 aromatic heterocycles. The normalized spacial score (nSPS) is 12.5. The van der Waals surface area contributed by atoms with Crippen LogP contribution in [0.15, 0.2) is 65.2 Å². The van der Waals surface area contributed by atoms with Crippen molar-refractivity contribution in [1.82, 2.24) is 4.98 Å². The van der Waals surface area contributed by atoms with Crippen molar-refractivity contribution in [3.05, 3.63) is 77.7 Å². The summed E-state index contributed by atoms with van der Waals surface area (Å²) < 4.78 is 8.55. The van der Waals surface area contributed by atoms with Gasteiger partial charge in [-0.1, -0.05) is 45.0 Å². The highest BCUT2D eigenvalue weighted by Gasteiger charge is 2.20. The molecule has 0 unspecified atom stereocenters. The number of hydrogen-bond acceptors (Lipinski definition) is 3. The maximum Gasteiger partial charge on any atom is 0.135 e. The molecule has 0 N–H and O–H groups in total. The van der Waals surface area contributed by atoms with Crippen LogP contribution in [-0.2, 0) is 5.41 Å². The van der Waals surface area contributed by atoms with Crippen LogP contribution in [-0.4, -0.2) is 4.98 Å². The Morgan fingerprint density at radius 2 is 1.66 bits per heavy atom. The van der Waals surface area contributed by atoms with E-state index in [1.165, 1.54) is 53.0 Å². The van der Waals surface area contributed by atoms with Gasteiger partial charge in [0.15, 0.2) is 0 Å². The number of furan rings is 1. The van der Waals surface area contributed by atoms with Gasteiger partial charge in [0, 0.05) is 32.6 Å². The highest BCUT2D eigenvalue weighted by molar-refractivity contribution is 7.26. The van der Waals surface area contributed by atoms with Crippen LogP contribution in [0.4, 0.5) is 0 Å². The van der Waals surface area contributed by atoms with E-state index in [2.05, 4.69) is 82.3 Å². The number of hydrogen-bond donors (Lipinski definition) is 0. The lowest BCUT2D eigenvalue weighted by molar-refractivity contribution is 0.575. The lowest BCUT2D eigenvalue weighted by Crippen LogP contribution is -2.12. The molecule has 3 aromatic carbocycles. The van der Waals surface area contributed by atoms with Gasteiger partial charge in [-0.05, 0) is 71.5 Å². The molecule has 0 saturated heterocycles. The van der Waals surface area contributed by atoms with Crippen LogP contribution in [0.2, 0.25) is 0 Å². The summed E-state index contributed by atoms with van der Waals surface area (Å²) in [7, 11) is 0. The molecule has 32 heavy (non-hydrogen) atoms. The van der Waals surface area contributed by atoms with E-state index in [0.29, 0.717) is 0 Å². The van der Waals surface area contributed by atoms with Crippen LogP contribution in [0.5, 0.6) is 0 Å². The third-order valence-corrected chi connectivity index (χ3v) is 7.80. The molecule has 6 rings (SSSR count). The molecule has 0 radical (unpaired) electrons. The van der Waals surface area contributed by atoms with Crippen molar-refractivity contribution in [2.45, 2.75) is 40.0 Å². The molecule has 3 heterocycles. The van der Waals surface area contributed by atoms with Gasteiger partial charge in [-0.15, -0.1) is 11.3 Å². The fraction of sp³-hybridized carbons (Fsp3) is 0.207. The second-order valence-electron chi connectivity index (χ2n) is 9.76. The highest BCUT2D eigenvalue weighted by atomic mass is 32.1. The Kier molecular flexibility index (Phi) is 4.06. The van der Waals surface area contributed by atoms with Crippen LogP contribution >= 0.6 is 11.3 Å². The molecule has 6 aromatic rings. The van der Waals surface area contributed by atoms with E-state index in [9.17, 15) is 0 Å². The van der Waals surface area contributed by atoms with Crippen molar-refractivity contribution in [3.63, 3.8) is 0 Å². The Hall–Kier alpha value is -3.17. The van der Waals surface area contributed by atoms with E-state index in [1.807, 2.05) is 24.5 Å². The standard InChI is InChI=1S/C29H25NOS/c1-16-17(2)31-25-14-23-21-10-11-30-27(28(21)32-26(23)15-22(16)25)19-12-18-8-6-7-9-20(18)24(13-19)29(3,4)5/h6-15H,1-5H3. The Labute approximate surface area is 191 Å². The molecule has 0 amide bonds. The topological polar surface area (TPSA) is 26.0 Å². The monoisotopic (exact) mass is 435 g/mol. The summed E-state index contributed by atoms with van der Waals surface area (Å²) in [5, 5.41) is 6.27. The van der Waals surface area contributed by atoms with E-state index < -0.39 is 0 Å². The van der Waals surface area contributed by atoms with Gasteiger partial charge in [0.05, 0.1) is 10.4 Å². The van der Waals surface area contributed by atoms with Crippen molar-refractivity contribution >= 4 is 53.3 Å². The first-order valence-electron chi connectivity index (χ1n) is 11.1. The average molecular weight is 436 g/mol. The molecular formula is C29H25NOS. The quantitative estimate of drug-likeness (QED) is 0.258. The van der Waals surface area contributed by atoms with Gasteiger partial charge in [0.25, 0.3) is 0 Å². The van der Waals surface area contributed by atoms with Crippen molar-refractivity contribution < 1.29 is 4.42 Å². The molecule has 0 spiro atoms. The van der Waals surface area contributed by atoms with Crippen LogP contribution < -0.4 is 0 Å². The molecular weight excluding hydrogens is 410 g/mol. The van der Waals surface area contributed by atoms with Crippen molar-refractivity contribution in [3.8, 4) is 11.3 Å². The lowest BCUT2D eigenvalue weighted by atomic mass is 9.82. The second kappa shape index (κ2) is 6.66. The molecule has 0 atom stereocenters. The van der Waals surface area contributed by atoms with Crippen LogP contribution in [0.3, 0.4) is 0 Å². The summed E-state index contributed by atoms with van der Waals surface area (Å²) in [6.45, 7) is 11.0. The fourth-order valence-corrected chi connectivity index (χ4v) is 6.04. The highest BCUT2D eigenvalue weighted by Crippen LogP contribution is 2.43. The minimum Gasteiger partial charge on any atom is -0.461 e. The van der Waals surface area contributed by atoms with Crippen molar-refractivity contribution in [2.24, 2.45) is 0 Å². The SMILES string of the molecule is Cc1oc2cc3c(cc2c1C)sc1c(-c2cc(C(C)(C)C)c4ccccc4c2)nccc13. The minimum absolute atomic E-state index is 0.0452. The van der Waals surface area contributed by atoms with E-state index in [0.717, 1.165) is 17.0 Å². The zero-order chi connectivity index (χ0) is 22.2. The third kappa shape index (κ3) is 2.81. The number of rotatable bonds is 1. The smallest absolute Gasteiger partial charge is 0.135 e. The van der Waals surface area contributed by atoms with E-state index >= 15 is 0 Å². The first-order chi connectivity index (χ1) is 15.3. The van der Waals surface area contributed by atoms with Crippen LogP contribution in [0.1, 0.15) is 37.7 Å². The third-order valence-electron chi connectivity index (χ3n) is 6.63. The van der Waals surface area contributed by atoms with E-state index in [-0.39, 0.29) is 5.41 Å². The zero-order valence-corrected chi connectivity index (χ0v) is 19.9. The van der Waals surface area contributed by atoms with E-state index in [1.54, 1.807) is 0 Å². The van der Waals surface area contributed by atoms with E-state index in [4.69, 9.17) is 9.40 Å². The summed E-state index contributed by atoms with van der Waals surface area (Å²) in [6, 6.07) is 19.9. The van der Waals surface area contributed by atoms with Gasteiger partial charge < -0.3 is 4.42 Å². The number of aromatic nitrogens is 1. The fourth-order valence-electron chi connectivity index (χ4n) is 4.81. The Bertz CT molecular complexity index is 1680. The van der Waals surface area contributed by atoms with Gasteiger partial charge in [0.1, 0.15) is 11.3 Å². The molecule has 3 heteroatoms. The number of fused-ring (bicyclic) bond motifs is 5. The van der Waals surface area contributed by atoms with Gasteiger partial charge in [-0.2, -0.15) is 0 Å². The predicted molar refractivity (Wildman–Crippen MR) is 138 cm³/mol. The Morgan fingerprint density at radius 3 is 2.47 bits per heavy atom. The molecule has 0 aliphatic rings. The number of nitrogens with zero attached hydrogens (tertiary/aromatic N) is 1. The predicted octanol–water partition coefficient (Wildman–Crippen LogP) is 8.93. The van der Waals surface area contributed by atoms with Gasteiger partial charge >= 0.3 is 0 Å². The molecule has 0 fully saturated rings. The minimum atomic E-state index is 0.0452. The molecule has 0 saturated carbocycles. The number of benzene rings is 3. The number of pyridine rings is 1. The van der Waals surface area contributed by atoms with Gasteiger partial charge in [0.2, 0.25) is 0 Å².